The molecule has 7 heteroatoms. The van der Waals surface area contributed by atoms with Gasteiger partial charge < -0.3 is 15.2 Å². The molecule has 5 rings (SSSR count). The Hall–Kier alpha value is -3.61. The number of piperidine rings is 1. The van der Waals surface area contributed by atoms with Crippen LogP contribution in [-0.2, 0) is 0 Å². The van der Waals surface area contributed by atoms with E-state index in [1.807, 2.05) is 42.5 Å². The third kappa shape index (κ3) is 3.59. The van der Waals surface area contributed by atoms with Gasteiger partial charge in [-0.15, -0.1) is 0 Å². The van der Waals surface area contributed by atoms with E-state index in [0.29, 0.717) is 5.69 Å². The first-order valence-corrected chi connectivity index (χ1v) is 9.86. The smallest absolute Gasteiger partial charge is 0.268 e. The van der Waals surface area contributed by atoms with Crippen molar-refractivity contribution in [2.75, 3.05) is 18.0 Å². The Balaban J connectivity index is 1.27. The van der Waals surface area contributed by atoms with Gasteiger partial charge in [-0.25, -0.2) is 0 Å². The number of nitrogens with zero attached hydrogens (tertiary/aromatic N) is 3. The normalized spacial score (nSPS) is 16.8. The van der Waals surface area contributed by atoms with E-state index in [4.69, 9.17) is 0 Å². The Bertz CT molecular complexity index is 1100. The minimum absolute atomic E-state index is 0.0625. The first-order chi connectivity index (χ1) is 14.3. The molecule has 1 unspecified atom stereocenters. The van der Waals surface area contributed by atoms with Crippen LogP contribution in [-0.4, -0.2) is 45.2 Å². The summed E-state index contributed by atoms with van der Waals surface area (Å²) in [7, 11) is 0. The number of carbonyl (C=O) groups is 1. The second kappa shape index (κ2) is 7.43. The monoisotopic (exact) mass is 386 g/mol. The molecular weight excluding hydrogens is 364 g/mol. The lowest BCUT2D eigenvalue weighted by Crippen LogP contribution is -2.48. The van der Waals surface area contributed by atoms with Gasteiger partial charge in [-0.1, -0.05) is 18.2 Å². The zero-order chi connectivity index (χ0) is 19.6. The lowest BCUT2D eigenvalue weighted by molar-refractivity contribution is 0.0929. The van der Waals surface area contributed by atoms with Crippen LogP contribution in [0.15, 0.2) is 60.9 Å². The summed E-state index contributed by atoms with van der Waals surface area (Å²) < 4.78 is 0. The van der Waals surface area contributed by atoms with Crippen LogP contribution in [0.1, 0.15) is 23.3 Å². The zero-order valence-corrected chi connectivity index (χ0v) is 15.9. The fraction of sp³-hybridized carbons (Fsp3) is 0.227. The molecule has 4 heterocycles. The summed E-state index contributed by atoms with van der Waals surface area (Å²) in [4.78, 5) is 22.2. The number of para-hydroxylation sites is 1. The molecular formula is C22H22N6O. The molecule has 1 aliphatic rings. The van der Waals surface area contributed by atoms with Crippen LogP contribution in [0.2, 0.25) is 0 Å². The maximum atomic E-state index is 12.7. The largest absolute Gasteiger partial charge is 0.353 e. The highest BCUT2D eigenvalue weighted by Gasteiger charge is 2.24. The summed E-state index contributed by atoms with van der Waals surface area (Å²) in [5.74, 6) is 0.842. The van der Waals surface area contributed by atoms with Crippen molar-refractivity contribution < 1.29 is 4.79 Å². The summed E-state index contributed by atoms with van der Waals surface area (Å²) in [5.41, 5.74) is 3.59. The maximum absolute atomic E-state index is 12.7. The van der Waals surface area contributed by atoms with Gasteiger partial charge in [0.25, 0.3) is 5.91 Å². The molecule has 0 spiro atoms. The molecule has 146 valence electrons. The Kier molecular flexibility index (Phi) is 4.48. The molecule has 4 aromatic rings. The van der Waals surface area contributed by atoms with Gasteiger partial charge in [-0.05, 0) is 37.1 Å². The molecule has 0 bridgehead atoms. The van der Waals surface area contributed by atoms with E-state index in [1.165, 1.54) is 0 Å². The highest BCUT2D eigenvalue weighted by atomic mass is 16.1. The minimum atomic E-state index is -0.0625. The van der Waals surface area contributed by atoms with Crippen LogP contribution in [0.25, 0.3) is 22.2 Å². The van der Waals surface area contributed by atoms with Crippen molar-refractivity contribution in [1.29, 1.82) is 0 Å². The van der Waals surface area contributed by atoms with Gasteiger partial charge in [0.1, 0.15) is 5.69 Å². The van der Waals surface area contributed by atoms with Crippen LogP contribution in [0, 0.1) is 0 Å². The second-order valence-electron chi connectivity index (χ2n) is 7.40. The van der Waals surface area contributed by atoms with E-state index in [0.717, 1.165) is 53.9 Å². The van der Waals surface area contributed by atoms with Crippen LogP contribution >= 0.6 is 0 Å². The van der Waals surface area contributed by atoms with E-state index < -0.39 is 0 Å². The fourth-order valence-corrected chi connectivity index (χ4v) is 3.91. The Morgan fingerprint density at radius 2 is 2.00 bits per heavy atom. The topological polar surface area (TPSA) is 89.7 Å². The van der Waals surface area contributed by atoms with Gasteiger partial charge >= 0.3 is 0 Å². The molecule has 3 aromatic heterocycles. The Morgan fingerprint density at radius 3 is 2.86 bits per heavy atom. The minimum Gasteiger partial charge on any atom is -0.353 e. The van der Waals surface area contributed by atoms with Crippen LogP contribution in [0.4, 0.5) is 5.82 Å². The molecule has 29 heavy (non-hydrogen) atoms. The van der Waals surface area contributed by atoms with Crippen molar-refractivity contribution in [3.63, 3.8) is 0 Å². The first kappa shape index (κ1) is 17.5. The number of anilines is 1. The SMILES string of the molecule is O=C(NC1CCCN(c2cc(-c3ccncc3)[nH]n2)C1)c1cc2ccccc2[nH]1. The average Bonchev–Trinajstić information content (AvgIpc) is 3.42. The molecule has 0 radical (unpaired) electrons. The molecule has 1 amide bonds. The van der Waals surface area contributed by atoms with Crippen molar-refractivity contribution in [2.45, 2.75) is 18.9 Å². The van der Waals surface area contributed by atoms with Crippen molar-refractivity contribution >= 4 is 22.6 Å². The highest BCUT2D eigenvalue weighted by molar-refractivity contribution is 5.98. The van der Waals surface area contributed by atoms with Gasteiger partial charge in [0.15, 0.2) is 5.82 Å². The molecule has 1 saturated heterocycles. The third-order valence-electron chi connectivity index (χ3n) is 5.41. The van der Waals surface area contributed by atoms with Gasteiger partial charge in [0.05, 0.1) is 5.69 Å². The fourth-order valence-electron chi connectivity index (χ4n) is 3.91. The highest BCUT2D eigenvalue weighted by Crippen LogP contribution is 2.24. The summed E-state index contributed by atoms with van der Waals surface area (Å²) >= 11 is 0. The van der Waals surface area contributed by atoms with Crippen LogP contribution in [0.5, 0.6) is 0 Å². The Labute approximate surface area is 168 Å². The van der Waals surface area contributed by atoms with E-state index in [-0.39, 0.29) is 11.9 Å². The van der Waals surface area contributed by atoms with Crippen molar-refractivity contribution in [3.8, 4) is 11.3 Å². The van der Waals surface area contributed by atoms with Gasteiger partial charge in [-0.3, -0.25) is 14.9 Å². The van der Waals surface area contributed by atoms with E-state index >= 15 is 0 Å². The lowest BCUT2D eigenvalue weighted by atomic mass is 10.1. The molecule has 1 aliphatic heterocycles. The third-order valence-corrected chi connectivity index (χ3v) is 5.41. The zero-order valence-electron chi connectivity index (χ0n) is 15.9. The molecule has 7 nitrogen and oxygen atoms in total. The van der Waals surface area contributed by atoms with E-state index in [2.05, 4.69) is 36.4 Å². The number of hydrogen-bond acceptors (Lipinski definition) is 4. The lowest BCUT2D eigenvalue weighted by Gasteiger charge is -2.33. The molecule has 0 aliphatic carbocycles. The van der Waals surface area contributed by atoms with Gasteiger partial charge in [0.2, 0.25) is 0 Å². The number of hydrogen-bond donors (Lipinski definition) is 3. The average molecular weight is 386 g/mol. The number of aromatic amines is 2. The standard InChI is InChI=1S/C22H22N6O/c29-22(20-12-16-4-1-2-6-18(16)25-20)24-17-5-3-11-28(14-17)21-13-19(26-27-21)15-7-9-23-10-8-15/h1-2,4,6-10,12-13,17,25H,3,5,11,14H2,(H,24,29)(H,26,27). The number of fused-ring (bicyclic) bond motifs is 1. The predicted octanol–water partition coefficient (Wildman–Crippen LogP) is 3.35. The summed E-state index contributed by atoms with van der Waals surface area (Å²) in [6.07, 6.45) is 5.51. The second-order valence-corrected chi connectivity index (χ2v) is 7.40. The number of aromatic nitrogens is 4. The summed E-state index contributed by atoms with van der Waals surface area (Å²) in [6.45, 7) is 1.67. The van der Waals surface area contributed by atoms with Crippen molar-refractivity contribution in [1.82, 2.24) is 25.5 Å². The van der Waals surface area contributed by atoms with Crippen LogP contribution < -0.4 is 10.2 Å². The maximum Gasteiger partial charge on any atom is 0.268 e. The van der Waals surface area contributed by atoms with Crippen molar-refractivity contribution in [2.24, 2.45) is 0 Å². The Morgan fingerprint density at radius 1 is 1.14 bits per heavy atom. The first-order valence-electron chi connectivity index (χ1n) is 9.86. The number of rotatable bonds is 4. The molecule has 3 N–H and O–H groups in total. The van der Waals surface area contributed by atoms with E-state index in [9.17, 15) is 4.79 Å². The molecule has 1 atom stereocenters. The van der Waals surface area contributed by atoms with Crippen LogP contribution in [0.3, 0.4) is 0 Å². The summed E-state index contributed by atoms with van der Waals surface area (Å²) in [6, 6.07) is 15.9. The number of benzene rings is 1. The predicted molar refractivity (Wildman–Crippen MR) is 113 cm³/mol. The van der Waals surface area contributed by atoms with Gasteiger partial charge in [0, 0.05) is 54.1 Å². The van der Waals surface area contributed by atoms with Crippen molar-refractivity contribution in [3.05, 3.63) is 66.6 Å². The number of amides is 1. The number of carbonyl (C=O) groups excluding carboxylic acids is 1. The van der Waals surface area contributed by atoms with E-state index in [1.54, 1.807) is 12.4 Å². The molecule has 0 saturated carbocycles. The quantitative estimate of drug-likeness (QED) is 0.502. The van der Waals surface area contributed by atoms with Gasteiger partial charge in [-0.2, -0.15) is 5.10 Å². The molecule has 1 fully saturated rings. The molecule has 1 aromatic carbocycles. The number of H-pyrrole nitrogens is 2. The number of nitrogens with one attached hydrogen (secondary N) is 3. The number of pyridine rings is 1. The summed E-state index contributed by atoms with van der Waals surface area (Å²) in [5, 5.41) is 11.8.